The zero-order valence-corrected chi connectivity index (χ0v) is 7.58. The molecule has 0 spiro atoms. The highest BCUT2D eigenvalue weighted by atomic mass is 16.6. The summed E-state index contributed by atoms with van der Waals surface area (Å²) in [7, 11) is 0. The average Bonchev–Trinajstić information content (AvgIpc) is 2.87. The van der Waals surface area contributed by atoms with Gasteiger partial charge in [-0.2, -0.15) is 0 Å². The monoisotopic (exact) mass is 168 g/mol. The molecule has 12 heavy (non-hydrogen) atoms. The van der Waals surface area contributed by atoms with Crippen LogP contribution in [0.3, 0.4) is 0 Å². The van der Waals surface area contributed by atoms with Gasteiger partial charge in [-0.3, -0.25) is 4.79 Å². The van der Waals surface area contributed by atoms with Gasteiger partial charge in [-0.05, 0) is 18.8 Å². The Balaban J connectivity index is 1.84. The Kier molecular flexibility index (Phi) is 2.18. The highest BCUT2D eigenvalue weighted by Crippen LogP contribution is 2.31. The van der Waals surface area contributed by atoms with E-state index in [9.17, 15) is 4.79 Å². The molecule has 0 radical (unpaired) electrons. The van der Waals surface area contributed by atoms with Crippen LogP contribution in [-0.4, -0.2) is 18.5 Å². The van der Waals surface area contributed by atoms with E-state index in [1.807, 2.05) is 0 Å². The van der Waals surface area contributed by atoms with Crippen molar-refractivity contribution in [2.45, 2.75) is 38.7 Å². The standard InChI is InChI=1S/C10H16O2/c1-7-2-4-8(5-3-7)10(11)9-6-12-9/h7-9H,2-6H2,1H3. The summed E-state index contributed by atoms with van der Waals surface area (Å²) in [5, 5.41) is 0. The van der Waals surface area contributed by atoms with Crippen LogP contribution in [0.25, 0.3) is 0 Å². The van der Waals surface area contributed by atoms with Crippen LogP contribution in [0.15, 0.2) is 0 Å². The predicted molar refractivity (Wildman–Crippen MR) is 45.9 cm³/mol. The Hall–Kier alpha value is -0.370. The second kappa shape index (κ2) is 3.17. The number of epoxide rings is 1. The molecule has 1 heterocycles. The quantitative estimate of drug-likeness (QED) is 0.588. The number of Topliss-reactive ketones (excluding diaryl/α,β-unsaturated/α-hetero) is 1. The lowest BCUT2D eigenvalue weighted by molar-refractivity contribution is -0.125. The lowest BCUT2D eigenvalue weighted by Gasteiger charge is -2.24. The van der Waals surface area contributed by atoms with Gasteiger partial charge >= 0.3 is 0 Å². The first kappa shape index (κ1) is 8.24. The molecule has 68 valence electrons. The van der Waals surface area contributed by atoms with Crippen molar-refractivity contribution < 1.29 is 9.53 Å². The number of carbonyl (C=O) groups is 1. The van der Waals surface area contributed by atoms with Crippen LogP contribution in [0.5, 0.6) is 0 Å². The first-order chi connectivity index (χ1) is 5.77. The van der Waals surface area contributed by atoms with Gasteiger partial charge in [0.1, 0.15) is 6.10 Å². The number of rotatable bonds is 2. The maximum atomic E-state index is 11.5. The molecule has 0 aromatic rings. The van der Waals surface area contributed by atoms with Gasteiger partial charge in [0.05, 0.1) is 6.61 Å². The van der Waals surface area contributed by atoms with Crippen LogP contribution in [-0.2, 0) is 9.53 Å². The third-order valence-corrected chi connectivity index (χ3v) is 3.07. The fraction of sp³-hybridized carbons (Fsp3) is 0.900. The molecule has 2 nitrogen and oxygen atoms in total. The molecule has 0 bridgehead atoms. The smallest absolute Gasteiger partial charge is 0.166 e. The minimum atomic E-state index is -0.0107. The predicted octanol–water partition coefficient (Wildman–Crippen LogP) is 1.78. The van der Waals surface area contributed by atoms with Crippen molar-refractivity contribution in [2.24, 2.45) is 11.8 Å². The van der Waals surface area contributed by atoms with Crippen molar-refractivity contribution >= 4 is 5.78 Å². The van der Waals surface area contributed by atoms with Gasteiger partial charge in [0.15, 0.2) is 5.78 Å². The fourth-order valence-electron chi connectivity index (χ4n) is 2.02. The number of ether oxygens (including phenoxy) is 1. The Bertz CT molecular complexity index is 176. The number of ketones is 1. The van der Waals surface area contributed by atoms with Crippen LogP contribution in [0.2, 0.25) is 0 Å². The van der Waals surface area contributed by atoms with Gasteiger partial charge in [0.25, 0.3) is 0 Å². The molecular weight excluding hydrogens is 152 g/mol. The summed E-state index contributed by atoms with van der Waals surface area (Å²) in [5.74, 6) is 1.53. The molecule has 2 heteroatoms. The van der Waals surface area contributed by atoms with Crippen molar-refractivity contribution in [1.29, 1.82) is 0 Å². The summed E-state index contributed by atoms with van der Waals surface area (Å²) in [6, 6.07) is 0. The number of hydrogen-bond donors (Lipinski definition) is 0. The SMILES string of the molecule is CC1CCC(C(=O)C2CO2)CC1. The fourth-order valence-corrected chi connectivity index (χ4v) is 2.02. The van der Waals surface area contributed by atoms with E-state index in [1.165, 1.54) is 12.8 Å². The van der Waals surface area contributed by atoms with Crippen molar-refractivity contribution in [3.8, 4) is 0 Å². The lowest BCUT2D eigenvalue weighted by Crippen LogP contribution is -2.24. The summed E-state index contributed by atoms with van der Waals surface area (Å²) < 4.78 is 5.00. The Morgan fingerprint density at radius 1 is 1.25 bits per heavy atom. The minimum absolute atomic E-state index is 0.0107. The molecule has 1 saturated heterocycles. The lowest BCUT2D eigenvalue weighted by atomic mass is 9.80. The first-order valence-electron chi connectivity index (χ1n) is 4.92. The molecule has 2 aliphatic rings. The summed E-state index contributed by atoms with van der Waals surface area (Å²) in [6.07, 6.45) is 4.63. The van der Waals surface area contributed by atoms with Crippen molar-refractivity contribution in [3.63, 3.8) is 0 Å². The van der Waals surface area contributed by atoms with E-state index in [1.54, 1.807) is 0 Å². The summed E-state index contributed by atoms with van der Waals surface area (Å²) >= 11 is 0. The molecule has 1 atom stereocenters. The van der Waals surface area contributed by atoms with E-state index < -0.39 is 0 Å². The van der Waals surface area contributed by atoms with Crippen LogP contribution < -0.4 is 0 Å². The second-order valence-electron chi connectivity index (χ2n) is 4.18. The van der Waals surface area contributed by atoms with Gasteiger partial charge in [-0.15, -0.1) is 0 Å². The Morgan fingerprint density at radius 2 is 1.83 bits per heavy atom. The molecule has 0 aromatic carbocycles. The first-order valence-corrected chi connectivity index (χ1v) is 4.92. The number of hydrogen-bond acceptors (Lipinski definition) is 2. The van der Waals surface area contributed by atoms with Crippen molar-refractivity contribution in [3.05, 3.63) is 0 Å². The van der Waals surface area contributed by atoms with E-state index in [0.717, 1.165) is 18.8 Å². The zero-order chi connectivity index (χ0) is 8.55. The average molecular weight is 168 g/mol. The topological polar surface area (TPSA) is 29.6 Å². The summed E-state index contributed by atoms with van der Waals surface area (Å²) in [6.45, 7) is 2.96. The molecule has 0 N–H and O–H groups in total. The highest BCUT2D eigenvalue weighted by Gasteiger charge is 2.37. The summed E-state index contributed by atoms with van der Waals surface area (Å²) in [5.41, 5.74) is 0. The van der Waals surface area contributed by atoms with E-state index >= 15 is 0 Å². The van der Waals surface area contributed by atoms with Crippen LogP contribution in [0, 0.1) is 11.8 Å². The molecule has 1 aliphatic carbocycles. The maximum absolute atomic E-state index is 11.5. The van der Waals surface area contributed by atoms with Gasteiger partial charge in [0.2, 0.25) is 0 Å². The molecule has 0 amide bonds. The van der Waals surface area contributed by atoms with Crippen LogP contribution in [0.1, 0.15) is 32.6 Å². The van der Waals surface area contributed by atoms with E-state index in [0.29, 0.717) is 18.3 Å². The molecule has 0 aromatic heterocycles. The normalized spacial score (nSPS) is 40.9. The van der Waals surface area contributed by atoms with Crippen molar-refractivity contribution in [2.75, 3.05) is 6.61 Å². The third kappa shape index (κ3) is 1.69. The van der Waals surface area contributed by atoms with Crippen LogP contribution in [0.4, 0.5) is 0 Å². The van der Waals surface area contributed by atoms with Gasteiger partial charge in [-0.25, -0.2) is 0 Å². The molecule has 1 saturated carbocycles. The zero-order valence-electron chi connectivity index (χ0n) is 7.58. The summed E-state index contributed by atoms with van der Waals surface area (Å²) in [4.78, 5) is 11.5. The maximum Gasteiger partial charge on any atom is 0.166 e. The molecule has 1 unspecified atom stereocenters. The van der Waals surface area contributed by atoms with E-state index in [-0.39, 0.29) is 6.10 Å². The second-order valence-corrected chi connectivity index (χ2v) is 4.18. The van der Waals surface area contributed by atoms with Gasteiger partial charge in [0, 0.05) is 5.92 Å². The highest BCUT2D eigenvalue weighted by molar-refractivity contribution is 5.87. The van der Waals surface area contributed by atoms with E-state index in [4.69, 9.17) is 4.74 Å². The Labute approximate surface area is 73.3 Å². The van der Waals surface area contributed by atoms with Gasteiger partial charge in [-0.1, -0.05) is 19.8 Å². The molecular formula is C10H16O2. The largest absolute Gasteiger partial charge is 0.365 e. The molecule has 1 aliphatic heterocycles. The molecule has 2 rings (SSSR count). The third-order valence-electron chi connectivity index (χ3n) is 3.07. The van der Waals surface area contributed by atoms with Crippen molar-refractivity contribution in [1.82, 2.24) is 0 Å². The Morgan fingerprint density at radius 3 is 2.33 bits per heavy atom. The molecule has 2 fully saturated rings. The van der Waals surface area contributed by atoms with Gasteiger partial charge < -0.3 is 4.74 Å². The minimum Gasteiger partial charge on any atom is -0.365 e. The van der Waals surface area contributed by atoms with Crippen LogP contribution >= 0.6 is 0 Å². The number of carbonyl (C=O) groups excluding carboxylic acids is 1. The van der Waals surface area contributed by atoms with E-state index in [2.05, 4.69) is 6.92 Å².